The van der Waals surface area contributed by atoms with Crippen molar-refractivity contribution in [1.82, 2.24) is 4.98 Å². The van der Waals surface area contributed by atoms with Gasteiger partial charge in [-0.05, 0) is 32.1 Å². The highest BCUT2D eigenvalue weighted by molar-refractivity contribution is 7.15. The third kappa shape index (κ3) is 2.41. The van der Waals surface area contributed by atoms with Gasteiger partial charge in [0.2, 0.25) is 0 Å². The number of aliphatic hydroxyl groups excluding tert-OH is 1. The van der Waals surface area contributed by atoms with Gasteiger partial charge in [0, 0.05) is 12.1 Å². The maximum absolute atomic E-state index is 9.46. The van der Waals surface area contributed by atoms with E-state index in [-0.39, 0.29) is 6.61 Å². The van der Waals surface area contributed by atoms with Crippen molar-refractivity contribution in [3.63, 3.8) is 0 Å². The average Bonchev–Trinajstić information content (AvgIpc) is 2.91. The first-order valence-electron chi connectivity index (χ1n) is 6.97. The summed E-state index contributed by atoms with van der Waals surface area (Å²) in [6, 6.07) is 1.20. The van der Waals surface area contributed by atoms with Gasteiger partial charge in [0.1, 0.15) is 0 Å². The van der Waals surface area contributed by atoms with Crippen LogP contribution in [0, 0.1) is 0 Å². The van der Waals surface area contributed by atoms with Crippen molar-refractivity contribution in [3.05, 3.63) is 10.6 Å². The fraction of sp³-hybridized carbons (Fsp3) is 0.786. The molecule has 0 radical (unpaired) electrons. The molecule has 0 saturated carbocycles. The van der Waals surface area contributed by atoms with Gasteiger partial charge in [-0.1, -0.05) is 32.1 Å². The molecule has 1 saturated heterocycles. The summed E-state index contributed by atoms with van der Waals surface area (Å²) in [6.45, 7) is 8.93. The van der Waals surface area contributed by atoms with E-state index in [1.807, 2.05) is 0 Å². The summed E-state index contributed by atoms with van der Waals surface area (Å²) in [5.74, 6) is 0.384. The lowest BCUT2D eigenvalue weighted by Gasteiger charge is -2.27. The van der Waals surface area contributed by atoms with Crippen LogP contribution >= 0.6 is 11.3 Å². The number of rotatable bonds is 4. The van der Waals surface area contributed by atoms with E-state index >= 15 is 0 Å². The second-order valence-electron chi connectivity index (χ2n) is 5.51. The molecule has 2 atom stereocenters. The van der Waals surface area contributed by atoms with Gasteiger partial charge in [-0.15, -0.1) is 0 Å². The largest absolute Gasteiger partial charge is 0.391 e. The first-order valence-corrected chi connectivity index (χ1v) is 7.78. The van der Waals surface area contributed by atoms with Crippen LogP contribution in [0.2, 0.25) is 0 Å². The maximum Gasteiger partial charge on any atom is 0.186 e. The van der Waals surface area contributed by atoms with E-state index in [9.17, 15) is 5.11 Å². The number of hydrogen-bond donors (Lipinski definition) is 1. The summed E-state index contributed by atoms with van der Waals surface area (Å²) in [5, 5.41) is 10.6. The molecule has 18 heavy (non-hydrogen) atoms. The molecule has 1 N–H and O–H groups in total. The van der Waals surface area contributed by atoms with Gasteiger partial charge in [0.05, 0.1) is 17.2 Å². The van der Waals surface area contributed by atoms with E-state index < -0.39 is 0 Å². The molecule has 0 aromatic carbocycles. The third-order valence-corrected chi connectivity index (χ3v) is 4.95. The zero-order chi connectivity index (χ0) is 13.3. The molecule has 4 heteroatoms. The summed E-state index contributed by atoms with van der Waals surface area (Å²) in [6.07, 6.45) is 3.70. The Morgan fingerprint density at radius 3 is 2.67 bits per heavy atom. The highest BCUT2D eigenvalue weighted by atomic mass is 32.1. The minimum absolute atomic E-state index is 0.115. The van der Waals surface area contributed by atoms with Crippen molar-refractivity contribution < 1.29 is 5.11 Å². The smallest absolute Gasteiger partial charge is 0.186 e. The molecule has 2 rings (SSSR count). The first-order chi connectivity index (χ1) is 8.58. The molecule has 3 nitrogen and oxygen atoms in total. The Morgan fingerprint density at radius 2 is 2.17 bits per heavy atom. The van der Waals surface area contributed by atoms with Crippen molar-refractivity contribution in [3.8, 4) is 0 Å². The van der Waals surface area contributed by atoms with Crippen LogP contribution in [0.5, 0.6) is 0 Å². The van der Waals surface area contributed by atoms with Crippen LogP contribution in [0.4, 0.5) is 5.13 Å². The standard InChI is InChI=1S/C14H24N2OS/c1-5-11-7-6-10(4)16(11)14-15-13(9(2)3)12(8-17)18-14/h9-11,17H,5-8H2,1-4H3. The number of aliphatic hydroxyl groups is 1. The van der Waals surface area contributed by atoms with Crippen molar-refractivity contribution in [2.24, 2.45) is 0 Å². The predicted octanol–water partition coefficient (Wildman–Crippen LogP) is 3.53. The quantitative estimate of drug-likeness (QED) is 0.907. The Hall–Kier alpha value is -0.610. The van der Waals surface area contributed by atoms with Crippen molar-refractivity contribution in [1.29, 1.82) is 0 Å². The van der Waals surface area contributed by atoms with E-state index in [0.717, 1.165) is 15.7 Å². The molecule has 1 aliphatic rings. The van der Waals surface area contributed by atoms with Crippen molar-refractivity contribution >= 4 is 16.5 Å². The number of thiazole rings is 1. The fourth-order valence-corrected chi connectivity index (χ4v) is 4.09. The molecule has 2 unspecified atom stereocenters. The van der Waals surface area contributed by atoms with Crippen molar-refractivity contribution in [2.75, 3.05) is 4.90 Å². The lowest BCUT2D eigenvalue weighted by atomic mass is 10.1. The van der Waals surface area contributed by atoms with E-state index in [1.165, 1.54) is 19.3 Å². The first kappa shape index (κ1) is 13.8. The summed E-state index contributed by atoms with van der Waals surface area (Å²) in [4.78, 5) is 8.30. The lowest BCUT2D eigenvalue weighted by Crippen LogP contribution is -2.33. The lowest BCUT2D eigenvalue weighted by molar-refractivity contribution is 0.283. The van der Waals surface area contributed by atoms with Crippen LogP contribution in [0.25, 0.3) is 0 Å². The van der Waals surface area contributed by atoms with Gasteiger partial charge in [-0.2, -0.15) is 0 Å². The molecule has 1 aromatic heterocycles. The van der Waals surface area contributed by atoms with Crippen LogP contribution in [-0.4, -0.2) is 22.2 Å². The molecular weight excluding hydrogens is 244 g/mol. The summed E-state index contributed by atoms with van der Waals surface area (Å²) in [5.41, 5.74) is 1.08. The van der Waals surface area contributed by atoms with Gasteiger partial charge in [0.15, 0.2) is 5.13 Å². The van der Waals surface area contributed by atoms with Crippen LogP contribution in [0.1, 0.15) is 63.4 Å². The number of nitrogens with zero attached hydrogens (tertiary/aromatic N) is 2. The second-order valence-corrected chi connectivity index (χ2v) is 6.58. The van der Waals surface area contributed by atoms with E-state index in [0.29, 0.717) is 18.0 Å². The van der Waals surface area contributed by atoms with Gasteiger partial charge >= 0.3 is 0 Å². The fourth-order valence-electron chi connectivity index (χ4n) is 2.84. The van der Waals surface area contributed by atoms with Crippen LogP contribution < -0.4 is 4.90 Å². The molecule has 0 bridgehead atoms. The Bertz CT molecular complexity index is 402. The second kappa shape index (κ2) is 5.57. The summed E-state index contributed by atoms with van der Waals surface area (Å²) >= 11 is 1.67. The molecule has 1 fully saturated rings. The minimum Gasteiger partial charge on any atom is -0.391 e. The molecule has 0 spiro atoms. The van der Waals surface area contributed by atoms with Gasteiger partial charge in [-0.3, -0.25) is 0 Å². The Kier molecular flexibility index (Phi) is 4.28. The van der Waals surface area contributed by atoms with Gasteiger partial charge < -0.3 is 10.0 Å². The predicted molar refractivity (Wildman–Crippen MR) is 77.4 cm³/mol. The van der Waals surface area contributed by atoms with E-state index in [4.69, 9.17) is 4.98 Å². The summed E-state index contributed by atoms with van der Waals surface area (Å²) in [7, 11) is 0. The average molecular weight is 268 g/mol. The minimum atomic E-state index is 0.115. The normalized spacial score (nSPS) is 24.2. The zero-order valence-corrected chi connectivity index (χ0v) is 12.6. The van der Waals surface area contributed by atoms with E-state index in [1.54, 1.807) is 11.3 Å². The van der Waals surface area contributed by atoms with Crippen LogP contribution in [0.3, 0.4) is 0 Å². The van der Waals surface area contributed by atoms with E-state index in [2.05, 4.69) is 32.6 Å². The Balaban J connectivity index is 2.32. The van der Waals surface area contributed by atoms with Crippen LogP contribution in [0.15, 0.2) is 0 Å². The molecular formula is C14H24N2OS. The molecule has 102 valence electrons. The molecule has 2 heterocycles. The Labute approximate surface area is 114 Å². The highest BCUT2D eigenvalue weighted by Crippen LogP contribution is 2.37. The molecule has 1 aromatic rings. The molecule has 0 aliphatic carbocycles. The molecule has 0 amide bonds. The maximum atomic E-state index is 9.46. The van der Waals surface area contributed by atoms with Crippen LogP contribution in [-0.2, 0) is 6.61 Å². The summed E-state index contributed by atoms with van der Waals surface area (Å²) < 4.78 is 0. The number of hydrogen-bond acceptors (Lipinski definition) is 4. The zero-order valence-electron chi connectivity index (χ0n) is 11.8. The topological polar surface area (TPSA) is 36.4 Å². The SMILES string of the molecule is CCC1CCC(C)N1c1nc(C(C)C)c(CO)s1. The third-order valence-electron chi connectivity index (χ3n) is 3.88. The molecule has 1 aliphatic heterocycles. The van der Waals surface area contributed by atoms with Gasteiger partial charge in [0.25, 0.3) is 0 Å². The highest BCUT2D eigenvalue weighted by Gasteiger charge is 2.32. The number of anilines is 1. The van der Waals surface area contributed by atoms with Crippen molar-refractivity contribution in [2.45, 2.75) is 71.6 Å². The monoisotopic (exact) mass is 268 g/mol. The Morgan fingerprint density at radius 1 is 1.44 bits per heavy atom. The number of aromatic nitrogens is 1. The van der Waals surface area contributed by atoms with Gasteiger partial charge in [-0.25, -0.2) is 4.98 Å².